The van der Waals surface area contributed by atoms with Gasteiger partial charge in [-0.05, 0) is 24.5 Å². The number of pyridine rings is 1. The molecule has 1 rings (SSSR count). The summed E-state index contributed by atoms with van der Waals surface area (Å²) < 4.78 is 0. The van der Waals surface area contributed by atoms with Crippen LogP contribution in [0.25, 0.3) is 5.57 Å². The SMILES string of the molecule is C=C(c1cnccc1N=CC)C(C)C. The second-order valence-electron chi connectivity index (χ2n) is 3.46. The Morgan fingerprint density at radius 1 is 1.57 bits per heavy atom. The Hall–Kier alpha value is -1.44. The maximum atomic E-state index is 4.28. The van der Waals surface area contributed by atoms with Crippen LogP contribution in [0.4, 0.5) is 5.69 Å². The van der Waals surface area contributed by atoms with Crippen molar-refractivity contribution < 1.29 is 0 Å². The summed E-state index contributed by atoms with van der Waals surface area (Å²) in [6, 6.07) is 1.91. The van der Waals surface area contributed by atoms with Crippen molar-refractivity contribution in [2.75, 3.05) is 0 Å². The molecule has 0 N–H and O–H groups in total. The molecule has 1 aromatic rings. The van der Waals surface area contributed by atoms with E-state index < -0.39 is 0 Å². The van der Waals surface area contributed by atoms with Gasteiger partial charge in [0.1, 0.15) is 0 Å². The minimum Gasteiger partial charge on any atom is -0.264 e. The first-order valence-electron chi connectivity index (χ1n) is 4.78. The predicted molar refractivity (Wildman–Crippen MR) is 61.9 cm³/mol. The normalized spacial score (nSPS) is 11.1. The van der Waals surface area contributed by atoms with Crippen LogP contribution in [0.2, 0.25) is 0 Å². The van der Waals surface area contributed by atoms with E-state index >= 15 is 0 Å². The summed E-state index contributed by atoms with van der Waals surface area (Å²) in [4.78, 5) is 8.38. The molecule has 2 heteroatoms. The smallest absolute Gasteiger partial charge is 0.0731 e. The standard InChI is InChI=1S/C12H16N2/c1-5-14-12-6-7-13-8-11(12)10(4)9(2)3/h5-9H,4H2,1-3H3. The third kappa shape index (κ3) is 2.28. The lowest BCUT2D eigenvalue weighted by Gasteiger charge is -2.11. The molecule has 0 aliphatic carbocycles. The third-order valence-electron chi connectivity index (χ3n) is 2.11. The Balaban J connectivity index is 3.13. The van der Waals surface area contributed by atoms with E-state index in [9.17, 15) is 0 Å². The first kappa shape index (κ1) is 10.6. The predicted octanol–water partition coefficient (Wildman–Crippen LogP) is 3.47. The highest BCUT2D eigenvalue weighted by Gasteiger charge is 2.07. The Bertz CT molecular complexity index is 351. The van der Waals surface area contributed by atoms with Crippen molar-refractivity contribution >= 4 is 17.5 Å². The molecule has 0 saturated heterocycles. The Kier molecular flexibility index (Phi) is 3.57. The maximum Gasteiger partial charge on any atom is 0.0731 e. The zero-order chi connectivity index (χ0) is 10.6. The lowest BCUT2D eigenvalue weighted by atomic mass is 9.97. The van der Waals surface area contributed by atoms with Gasteiger partial charge in [0, 0.05) is 24.2 Å². The fraction of sp³-hybridized carbons (Fsp3) is 0.333. The Morgan fingerprint density at radius 3 is 2.86 bits per heavy atom. The average Bonchev–Trinajstić information content (AvgIpc) is 2.18. The topological polar surface area (TPSA) is 25.2 Å². The molecule has 74 valence electrons. The largest absolute Gasteiger partial charge is 0.264 e. The molecule has 0 bridgehead atoms. The van der Waals surface area contributed by atoms with Crippen LogP contribution in [0, 0.1) is 5.92 Å². The fourth-order valence-electron chi connectivity index (χ4n) is 1.20. The van der Waals surface area contributed by atoms with Crippen molar-refractivity contribution in [2.45, 2.75) is 20.8 Å². The minimum atomic E-state index is 0.421. The van der Waals surface area contributed by atoms with E-state index in [4.69, 9.17) is 0 Å². The van der Waals surface area contributed by atoms with Crippen LogP contribution in [0.15, 0.2) is 30.0 Å². The van der Waals surface area contributed by atoms with Crippen LogP contribution in [0.3, 0.4) is 0 Å². The van der Waals surface area contributed by atoms with Gasteiger partial charge in [0.15, 0.2) is 0 Å². The van der Waals surface area contributed by atoms with Crippen molar-refractivity contribution in [3.05, 3.63) is 30.6 Å². The molecule has 14 heavy (non-hydrogen) atoms. The number of hydrogen-bond donors (Lipinski definition) is 0. The van der Waals surface area contributed by atoms with Crippen LogP contribution in [-0.4, -0.2) is 11.2 Å². The van der Waals surface area contributed by atoms with Crippen molar-refractivity contribution in [3.63, 3.8) is 0 Å². The van der Waals surface area contributed by atoms with Gasteiger partial charge in [-0.15, -0.1) is 0 Å². The number of aromatic nitrogens is 1. The van der Waals surface area contributed by atoms with Crippen LogP contribution >= 0.6 is 0 Å². The summed E-state index contributed by atoms with van der Waals surface area (Å²) in [5, 5.41) is 0. The van der Waals surface area contributed by atoms with Crippen molar-refractivity contribution in [1.29, 1.82) is 0 Å². The monoisotopic (exact) mass is 188 g/mol. The number of allylic oxidation sites excluding steroid dienone is 1. The molecule has 0 aliphatic heterocycles. The summed E-state index contributed by atoms with van der Waals surface area (Å²) >= 11 is 0. The first-order chi connectivity index (χ1) is 6.66. The molecule has 0 saturated carbocycles. The summed E-state index contributed by atoms with van der Waals surface area (Å²) in [6.45, 7) is 10.2. The fourth-order valence-corrected chi connectivity index (χ4v) is 1.20. The summed E-state index contributed by atoms with van der Waals surface area (Å²) in [6.07, 6.45) is 5.36. The lowest BCUT2D eigenvalue weighted by molar-refractivity contribution is 0.856. The zero-order valence-corrected chi connectivity index (χ0v) is 8.99. The van der Waals surface area contributed by atoms with E-state index in [2.05, 4.69) is 30.4 Å². The summed E-state index contributed by atoms with van der Waals surface area (Å²) in [7, 11) is 0. The van der Waals surface area contributed by atoms with Gasteiger partial charge < -0.3 is 0 Å². The second-order valence-corrected chi connectivity index (χ2v) is 3.46. The van der Waals surface area contributed by atoms with E-state index in [0.717, 1.165) is 16.8 Å². The van der Waals surface area contributed by atoms with Crippen molar-refractivity contribution in [1.82, 2.24) is 4.98 Å². The number of aliphatic imine (C=N–C) groups is 1. The van der Waals surface area contributed by atoms with Crippen molar-refractivity contribution in [2.24, 2.45) is 10.9 Å². The lowest BCUT2D eigenvalue weighted by Crippen LogP contribution is -1.93. The van der Waals surface area contributed by atoms with E-state index in [0.29, 0.717) is 5.92 Å². The van der Waals surface area contributed by atoms with E-state index in [1.807, 2.05) is 19.2 Å². The van der Waals surface area contributed by atoms with Gasteiger partial charge in [-0.3, -0.25) is 9.98 Å². The minimum absolute atomic E-state index is 0.421. The average molecular weight is 188 g/mol. The zero-order valence-electron chi connectivity index (χ0n) is 8.99. The highest BCUT2D eigenvalue weighted by Crippen LogP contribution is 2.28. The van der Waals surface area contributed by atoms with Crippen LogP contribution in [0.5, 0.6) is 0 Å². The molecule has 1 heterocycles. The summed E-state index contributed by atoms with van der Waals surface area (Å²) in [5.74, 6) is 0.421. The molecule has 0 radical (unpaired) electrons. The first-order valence-corrected chi connectivity index (χ1v) is 4.78. The molecule has 1 aromatic heterocycles. The second kappa shape index (κ2) is 4.70. The van der Waals surface area contributed by atoms with Gasteiger partial charge >= 0.3 is 0 Å². The third-order valence-corrected chi connectivity index (χ3v) is 2.11. The van der Waals surface area contributed by atoms with Gasteiger partial charge in [-0.2, -0.15) is 0 Å². The molecule has 0 spiro atoms. The molecular weight excluding hydrogens is 172 g/mol. The van der Waals surface area contributed by atoms with E-state index in [1.54, 1.807) is 12.4 Å². The van der Waals surface area contributed by atoms with Crippen LogP contribution < -0.4 is 0 Å². The van der Waals surface area contributed by atoms with E-state index in [1.165, 1.54) is 0 Å². The Morgan fingerprint density at radius 2 is 2.29 bits per heavy atom. The number of nitrogens with zero attached hydrogens (tertiary/aromatic N) is 2. The van der Waals surface area contributed by atoms with Gasteiger partial charge in [-0.1, -0.05) is 20.4 Å². The van der Waals surface area contributed by atoms with Crippen molar-refractivity contribution in [3.8, 4) is 0 Å². The van der Waals surface area contributed by atoms with Gasteiger partial charge in [-0.25, -0.2) is 0 Å². The highest BCUT2D eigenvalue weighted by atomic mass is 14.7. The number of rotatable bonds is 3. The highest BCUT2D eigenvalue weighted by molar-refractivity contribution is 5.75. The van der Waals surface area contributed by atoms with Gasteiger partial charge in [0.2, 0.25) is 0 Å². The Labute approximate surface area is 85.4 Å². The van der Waals surface area contributed by atoms with Gasteiger partial charge in [0.25, 0.3) is 0 Å². The molecule has 0 fully saturated rings. The summed E-state index contributed by atoms with van der Waals surface area (Å²) in [5.41, 5.74) is 3.07. The molecule has 0 aromatic carbocycles. The molecule has 0 atom stereocenters. The molecule has 0 aliphatic rings. The number of hydrogen-bond acceptors (Lipinski definition) is 2. The van der Waals surface area contributed by atoms with E-state index in [-0.39, 0.29) is 0 Å². The maximum absolute atomic E-state index is 4.28. The molecule has 0 unspecified atom stereocenters. The molecule has 2 nitrogen and oxygen atoms in total. The van der Waals surface area contributed by atoms with Crippen LogP contribution in [0.1, 0.15) is 26.3 Å². The van der Waals surface area contributed by atoms with Crippen LogP contribution in [-0.2, 0) is 0 Å². The molecule has 0 amide bonds. The quantitative estimate of drug-likeness (QED) is 0.667. The van der Waals surface area contributed by atoms with Gasteiger partial charge in [0.05, 0.1) is 5.69 Å². The molecular formula is C12H16N2.